The van der Waals surface area contributed by atoms with E-state index in [0.29, 0.717) is 19.5 Å². The van der Waals surface area contributed by atoms with E-state index in [9.17, 15) is 4.79 Å². The fourth-order valence-corrected chi connectivity index (χ4v) is 2.11. The number of amides is 1. The highest BCUT2D eigenvalue weighted by molar-refractivity contribution is 7.98. The van der Waals surface area contributed by atoms with E-state index >= 15 is 0 Å². The number of hydrogen-bond donors (Lipinski definition) is 2. The molecule has 0 aliphatic rings. The summed E-state index contributed by atoms with van der Waals surface area (Å²) in [5.41, 5.74) is 1.25. The Balaban J connectivity index is 2.35. The van der Waals surface area contributed by atoms with Crippen LogP contribution in [0.3, 0.4) is 0 Å². The summed E-state index contributed by atoms with van der Waals surface area (Å²) >= 11 is 1.74. The molecular weight excluding hydrogens is 244 g/mol. The molecule has 0 aliphatic heterocycles. The van der Waals surface area contributed by atoms with Gasteiger partial charge in [0.2, 0.25) is 5.91 Å². The summed E-state index contributed by atoms with van der Waals surface area (Å²) in [6.45, 7) is 5.45. The second-order valence-electron chi connectivity index (χ2n) is 4.15. The van der Waals surface area contributed by atoms with E-state index in [1.165, 1.54) is 10.5 Å². The van der Waals surface area contributed by atoms with Crippen LogP contribution in [-0.4, -0.2) is 25.3 Å². The minimum Gasteiger partial charge on any atom is -0.356 e. The molecule has 0 bridgehead atoms. The number of nitrogens with one attached hydrogen (secondary N) is 2. The summed E-state index contributed by atoms with van der Waals surface area (Å²) in [6, 6.07) is 8.80. The molecule has 0 aliphatic carbocycles. The molecule has 0 saturated heterocycles. The van der Waals surface area contributed by atoms with Gasteiger partial charge in [-0.1, -0.05) is 12.1 Å². The Morgan fingerprint density at radius 1 is 1.33 bits per heavy atom. The van der Waals surface area contributed by atoms with Crippen molar-refractivity contribution >= 4 is 17.7 Å². The Morgan fingerprint density at radius 2 is 2.00 bits per heavy atom. The van der Waals surface area contributed by atoms with E-state index in [4.69, 9.17) is 0 Å². The van der Waals surface area contributed by atoms with Crippen LogP contribution in [0.25, 0.3) is 0 Å². The first-order valence-corrected chi connectivity index (χ1v) is 7.54. The van der Waals surface area contributed by atoms with Crippen LogP contribution in [0.4, 0.5) is 0 Å². The minimum atomic E-state index is 0.106. The molecule has 1 aromatic rings. The zero-order valence-electron chi connectivity index (χ0n) is 11.3. The maximum absolute atomic E-state index is 11.3. The molecule has 1 rings (SSSR count). The van der Waals surface area contributed by atoms with E-state index < -0.39 is 0 Å². The normalized spacial score (nSPS) is 12.2. The molecule has 0 heterocycles. The molecule has 4 heteroatoms. The number of rotatable bonds is 7. The van der Waals surface area contributed by atoms with Crippen molar-refractivity contribution in [1.29, 1.82) is 0 Å². The molecule has 1 atom stereocenters. The standard InChI is InChI=1S/C14H22N2OS/c1-4-15-14(17)9-10-16-11(2)12-5-7-13(18-3)8-6-12/h5-8,11,16H,4,9-10H2,1-3H3,(H,15,17). The fourth-order valence-electron chi connectivity index (χ4n) is 1.70. The lowest BCUT2D eigenvalue weighted by atomic mass is 10.1. The van der Waals surface area contributed by atoms with Crippen LogP contribution < -0.4 is 10.6 Å². The quantitative estimate of drug-likeness (QED) is 0.745. The predicted octanol–water partition coefficient (Wildman–Crippen LogP) is 2.59. The summed E-state index contributed by atoms with van der Waals surface area (Å²) in [7, 11) is 0. The van der Waals surface area contributed by atoms with Crippen LogP contribution in [0, 0.1) is 0 Å². The SMILES string of the molecule is CCNC(=O)CCNC(C)c1ccc(SC)cc1. The van der Waals surface area contributed by atoms with Gasteiger partial charge in [-0.2, -0.15) is 0 Å². The Morgan fingerprint density at radius 3 is 2.56 bits per heavy atom. The molecule has 2 N–H and O–H groups in total. The van der Waals surface area contributed by atoms with Crippen LogP contribution in [0.1, 0.15) is 31.9 Å². The van der Waals surface area contributed by atoms with Crippen molar-refractivity contribution in [1.82, 2.24) is 10.6 Å². The molecule has 0 radical (unpaired) electrons. The zero-order chi connectivity index (χ0) is 13.4. The van der Waals surface area contributed by atoms with Crippen molar-refractivity contribution in [2.45, 2.75) is 31.2 Å². The van der Waals surface area contributed by atoms with Gasteiger partial charge in [0, 0.05) is 30.4 Å². The Bertz CT molecular complexity index is 365. The van der Waals surface area contributed by atoms with Crippen LogP contribution in [0.2, 0.25) is 0 Å². The Kier molecular flexibility index (Phi) is 6.83. The predicted molar refractivity (Wildman–Crippen MR) is 77.9 cm³/mol. The lowest BCUT2D eigenvalue weighted by Crippen LogP contribution is -2.28. The molecule has 18 heavy (non-hydrogen) atoms. The van der Waals surface area contributed by atoms with Crippen molar-refractivity contribution in [2.24, 2.45) is 0 Å². The topological polar surface area (TPSA) is 41.1 Å². The number of hydrogen-bond acceptors (Lipinski definition) is 3. The van der Waals surface area contributed by atoms with Crippen LogP contribution in [0.5, 0.6) is 0 Å². The maximum atomic E-state index is 11.3. The Hall–Kier alpha value is -1.00. The maximum Gasteiger partial charge on any atom is 0.221 e. The van der Waals surface area contributed by atoms with E-state index in [1.54, 1.807) is 11.8 Å². The number of carbonyl (C=O) groups excluding carboxylic acids is 1. The number of benzene rings is 1. The highest BCUT2D eigenvalue weighted by Gasteiger charge is 2.05. The first-order chi connectivity index (χ1) is 8.67. The summed E-state index contributed by atoms with van der Waals surface area (Å²) in [5, 5.41) is 6.15. The van der Waals surface area contributed by atoms with Gasteiger partial charge in [0.15, 0.2) is 0 Å². The smallest absolute Gasteiger partial charge is 0.221 e. The fraction of sp³-hybridized carbons (Fsp3) is 0.500. The molecule has 0 spiro atoms. The first kappa shape index (κ1) is 15.1. The molecule has 3 nitrogen and oxygen atoms in total. The van der Waals surface area contributed by atoms with Gasteiger partial charge in [-0.25, -0.2) is 0 Å². The van der Waals surface area contributed by atoms with Crippen molar-refractivity contribution < 1.29 is 4.79 Å². The van der Waals surface area contributed by atoms with Crippen LogP contribution in [-0.2, 0) is 4.79 Å². The van der Waals surface area contributed by atoms with Gasteiger partial charge in [0.05, 0.1) is 0 Å². The number of thioether (sulfide) groups is 1. The molecule has 1 unspecified atom stereocenters. The van der Waals surface area contributed by atoms with Crippen molar-refractivity contribution in [3.05, 3.63) is 29.8 Å². The van der Waals surface area contributed by atoms with E-state index in [-0.39, 0.29) is 11.9 Å². The summed E-state index contributed by atoms with van der Waals surface area (Å²) in [4.78, 5) is 12.6. The van der Waals surface area contributed by atoms with Gasteiger partial charge >= 0.3 is 0 Å². The number of carbonyl (C=O) groups is 1. The van der Waals surface area contributed by atoms with Gasteiger partial charge < -0.3 is 10.6 Å². The third kappa shape index (κ3) is 5.10. The van der Waals surface area contributed by atoms with Gasteiger partial charge in [-0.05, 0) is 37.8 Å². The molecule has 0 aromatic heterocycles. The van der Waals surface area contributed by atoms with E-state index in [1.807, 2.05) is 6.92 Å². The highest BCUT2D eigenvalue weighted by Crippen LogP contribution is 2.18. The second-order valence-corrected chi connectivity index (χ2v) is 5.03. The van der Waals surface area contributed by atoms with Crippen LogP contribution >= 0.6 is 11.8 Å². The van der Waals surface area contributed by atoms with Gasteiger partial charge in [-0.3, -0.25) is 4.79 Å². The lowest BCUT2D eigenvalue weighted by molar-refractivity contribution is -0.120. The van der Waals surface area contributed by atoms with E-state index in [0.717, 1.165) is 0 Å². The van der Waals surface area contributed by atoms with Crippen molar-refractivity contribution in [3.8, 4) is 0 Å². The zero-order valence-corrected chi connectivity index (χ0v) is 12.1. The third-order valence-electron chi connectivity index (χ3n) is 2.79. The average Bonchev–Trinajstić information content (AvgIpc) is 2.39. The second kappa shape index (κ2) is 8.16. The lowest BCUT2D eigenvalue weighted by Gasteiger charge is -2.14. The van der Waals surface area contributed by atoms with Gasteiger partial charge in [-0.15, -0.1) is 11.8 Å². The molecule has 0 fully saturated rings. The highest BCUT2D eigenvalue weighted by atomic mass is 32.2. The summed E-state index contributed by atoms with van der Waals surface area (Å²) in [5.74, 6) is 0.106. The largest absolute Gasteiger partial charge is 0.356 e. The molecule has 100 valence electrons. The summed E-state index contributed by atoms with van der Waals surface area (Å²) in [6.07, 6.45) is 2.60. The molecular formula is C14H22N2OS. The molecule has 1 amide bonds. The van der Waals surface area contributed by atoms with Crippen molar-refractivity contribution in [3.63, 3.8) is 0 Å². The van der Waals surface area contributed by atoms with Gasteiger partial charge in [0.1, 0.15) is 0 Å². The van der Waals surface area contributed by atoms with E-state index in [2.05, 4.69) is 48.1 Å². The monoisotopic (exact) mass is 266 g/mol. The summed E-state index contributed by atoms with van der Waals surface area (Å²) < 4.78 is 0. The minimum absolute atomic E-state index is 0.106. The molecule has 1 aromatic carbocycles. The third-order valence-corrected chi connectivity index (χ3v) is 3.54. The molecule has 0 saturated carbocycles. The Labute approximate surface area is 114 Å². The van der Waals surface area contributed by atoms with Gasteiger partial charge in [0.25, 0.3) is 0 Å². The average molecular weight is 266 g/mol. The van der Waals surface area contributed by atoms with Crippen molar-refractivity contribution in [2.75, 3.05) is 19.3 Å². The van der Waals surface area contributed by atoms with Crippen LogP contribution in [0.15, 0.2) is 29.2 Å². The first-order valence-electron chi connectivity index (χ1n) is 6.31.